The molecule has 0 fully saturated rings. The number of amides is 1. The molecule has 0 saturated carbocycles. The van der Waals surface area contributed by atoms with Crippen LogP contribution in [0.2, 0.25) is 0 Å². The Balaban J connectivity index is 1.70. The van der Waals surface area contributed by atoms with Gasteiger partial charge in [0, 0.05) is 21.7 Å². The van der Waals surface area contributed by atoms with E-state index in [-0.39, 0.29) is 11.7 Å². The number of halogens is 1. The van der Waals surface area contributed by atoms with Gasteiger partial charge in [-0.25, -0.2) is 9.37 Å². The Hall–Kier alpha value is -3.26. The van der Waals surface area contributed by atoms with E-state index in [9.17, 15) is 9.18 Å². The molecule has 2 aromatic carbocycles. The van der Waals surface area contributed by atoms with E-state index >= 15 is 0 Å². The van der Waals surface area contributed by atoms with Crippen molar-refractivity contribution in [3.63, 3.8) is 0 Å². The maximum atomic E-state index is 13.2. The molecule has 1 amide bonds. The van der Waals surface area contributed by atoms with Gasteiger partial charge in [-0.15, -0.1) is 0 Å². The van der Waals surface area contributed by atoms with Gasteiger partial charge in [0.25, 0.3) is 11.7 Å². The topological polar surface area (TPSA) is 72.2 Å². The molecule has 6 nitrogen and oxygen atoms in total. The van der Waals surface area contributed by atoms with Crippen LogP contribution in [0.15, 0.2) is 64.8 Å². The van der Waals surface area contributed by atoms with E-state index < -0.39 is 0 Å². The molecule has 0 spiro atoms. The largest absolute Gasteiger partial charge is 0.321 e. The first-order valence-electron chi connectivity index (χ1n) is 9.60. The molecular weight excluding hydrogens is 401 g/mol. The minimum Gasteiger partial charge on any atom is -0.321 e. The minimum atomic E-state index is -0.379. The lowest BCUT2D eigenvalue weighted by molar-refractivity contribution is 0.102. The third-order valence-corrected chi connectivity index (χ3v) is 5.82. The first-order chi connectivity index (χ1) is 14.6. The van der Waals surface area contributed by atoms with Crippen LogP contribution in [0.25, 0.3) is 5.78 Å². The Labute approximate surface area is 177 Å². The number of para-hydroxylation sites is 1. The highest BCUT2D eigenvalue weighted by atomic mass is 32.2. The molecule has 0 radical (unpaired) electrons. The Bertz CT molecular complexity index is 1210. The van der Waals surface area contributed by atoms with Gasteiger partial charge in [-0.1, -0.05) is 37.2 Å². The van der Waals surface area contributed by atoms with E-state index in [0.29, 0.717) is 17.0 Å². The zero-order valence-corrected chi connectivity index (χ0v) is 17.4. The summed E-state index contributed by atoms with van der Waals surface area (Å²) in [7, 11) is 0. The summed E-state index contributed by atoms with van der Waals surface area (Å²) >= 11 is 1.51. The molecule has 8 heteroatoms. The summed E-state index contributed by atoms with van der Waals surface area (Å²) in [6.45, 7) is 4.10. The molecule has 4 rings (SSSR count). The van der Waals surface area contributed by atoms with Crippen LogP contribution in [0.3, 0.4) is 0 Å². The maximum Gasteiger partial charge on any atom is 0.255 e. The van der Waals surface area contributed by atoms with Crippen LogP contribution in [-0.4, -0.2) is 25.5 Å². The van der Waals surface area contributed by atoms with E-state index in [4.69, 9.17) is 0 Å². The van der Waals surface area contributed by atoms with Crippen molar-refractivity contribution in [2.45, 2.75) is 36.6 Å². The second-order valence-electron chi connectivity index (χ2n) is 6.76. The number of fused-ring (bicyclic) bond motifs is 1. The molecule has 30 heavy (non-hydrogen) atoms. The van der Waals surface area contributed by atoms with Crippen molar-refractivity contribution < 1.29 is 9.18 Å². The summed E-state index contributed by atoms with van der Waals surface area (Å²) in [5.41, 5.74) is 3.09. The Morgan fingerprint density at radius 1 is 1.17 bits per heavy atom. The number of hydrogen-bond acceptors (Lipinski definition) is 5. The normalized spacial score (nSPS) is 11.0. The molecule has 0 atom stereocenters. The van der Waals surface area contributed by atoms with Crippen molar-refractivity contribution in [3.05, 3.63) is 77.5 Å². The SMILES string of the molecule is CCCc1c(C)nc2ncnn2c1Sc1ccccc1NC(=O)c1ccc(F)cc1. The zero-order chi connectivity index (χ0) is 21.1. The van der Waals surface area contributed by atoms with Crippen LogP contribution < -0.4 is 5.32 Å². The predicted octanol–water partition coefficient (Wildman–Crippen LogP) is 4.93. The molecule has 1 N–H and O–H groups in total. The molecule has 0 aliphatic heterocycles. The summed E-state index contributed by atoms with van der Waals surface area (Å²) in [5, 5.41) is 8.21. The van der Waals surface area contributed by atoms with Gasteiger partial charge in [-0.05, 0) is 49.7 Å². The predicted molar refractivity (Wildman–Crippen MR) is 114 cm³/mol. The number of rotatable bonds is 6. The average Bonchev–Trinajstić information content (AvgIpc) is 3.20. The molecule has 2 heterocycles. The molecule has 0 bridgehead atoms. The Morgan fingerprint density at radius 3 is 2.70 bits per heavy atom. The smallest absolute Gasteiger partial charge is 0.255 e. The van der Waals surface area contributed by atoms with Gasteiger partial charge in [0.1, 0.15) is 17.2 Å². The molecular formula is C22H20FN5OS. The first kappa shape index (κ1) is 20.0. The number of anilines is 1. The third kappa shape index (κ3) is 4.04. The van der Waals surface area contributed by atoms with Gasteiger partial charge in [-0.2, -0.15) is 14.6 Å². The lowest BCUT2D eigenvalue weighted by Gasteiger charge is -2.15. The molecule has 0 aliphatic carbocycles. The lowest BCUT2D eigenvalue weighted by Crippen LogP contribution is -2.12. The number of nitrogens with one attached hydrogen (secondary N) is 1. The summed E-state index contributed by atoms with van der Waals surface area (Å²) in [6.07, 6.45) is 3.32. The van der Waals surface area contributed by atoms with Gasteiger partial charge in [0.05, 0.1) is 5.69 Å². The molecule has 4 aromatic rings. The summed E-state index contributed by atoms with van der Waals surface area (Å²) in [4.78, 5) is 22.3. The summed E-state index contributed by atoms with van der Waals surface area (Å²) < 4.78 is 14.9. The molecule has 0 saturated heterocycles. The van der Waals surface area contributed by atoms with Crippen LogP contribution in [-0.2, 0) is 6.42 Å². The Kier molecular flexibility index (Phi) is 5.76. The number of hydrogen-bond donors (Lipinski definition) is 1. The average molecular weight is 422 g/mol. The molecule has 2 aromatic heterocycles. The van der Waals surface area contributed by atoms with E-state index in [2.05, 4.69) is 27.3 Å². The fourth-order valence-electron chi connectivity index (χ4n) is 3.16. The van der Waals surface area contributed by atoms with Crippen molar-refractivity contribution in [1.29, 1.82) is 0 Å². The number of aromatic nitrogens is 4. The zero-order valence-electron chi connectivity index (χ0n) is 16.6. The van der Waals surface area contributed by atoms with Crippen molar-refractivity contribution >= 4 is 29.1 Å². The fraction of sp³-hybridized carbons (Fsp3) is 0.182. The van der Waals surface area contributed by atoms with Crippen LogP contribution in [0, 0.1) is 12.7 Å². The number of benzene rings is 2. The van der Waals surface area contributed by atoms with E-state index in [1.807, 2.05) is 31.2 Å². The Morgan fingerprint density at radius 2 is 1.93 bits per heavy atom. The first-order valence-corrected chi connectivity index (χ1v) is 10.4. The highest BCUT2D eigenvalue weighted by Gasteiger charge is 2.17. The molecule has 152 valence electrons. The van der Waals surface area contributed by atoms with E-state index in [1.165, 1.54) is 42.4 Å². The number of nitrogens with zero attached hydrogens (tertiary/aromatic N) is 4. The second kappa shape index (κ2) is 8.62. The molecule has 0 unspecified atom stereocenters. The number of aryl methyl sites for hydroxylation is 1. The van der Waals surface area contributed by atoms with Gasteiger partial charge < -0.3 is 5.32 Å². The van der Waals surface area contributed by atoms with Gasteiger partial charge in [0.2, 0.25) is 0 Å². The van der Waals surface area contributed by atoms with E-state index in [0.717, 1.165) is 34.0 Å². The lowest BCUT2D eigenvalue weighted by atomic mass is 10.1. The third-order valence-electron chi connectivity index (χ3n) is 4.63. The van der Waals surface area contributed by atoms with Crippen molar-refractivity contribution in [1.82, 2.24) is 19.6 Å². The van der Waals surface area contributed by atoms with Crippen LogP contribution in [0.5, 0.6) is 0 Å². The quantitative estimate of drug-likeness (QED) is 0.447. The van der Waals surface area contributed by atoms with E-state index in [1.54, 1.807) is 4.52 Å². The van der Waals surface area contributed by atoms with Crippen molar-refractivity contribution in [2.75, 3.05) is 5.32 Å². The van der Waals surface area contributed by atoms with Gasteiger partial charge in [-0.3, -0.25) is 4.79 Å². The van der Waals surface area contributed by atoms with Gasteiger partial charge >= 0.3 is 0 Å². The highest BCUT2D eigenvalue weighted by Crippen LogP contribution is 2.36. The summed E-state index contributed by atoms with van der Waals surface area (Å²) in [5.74, 6) is -0.132. The van der Waals surface area contributed by atoms with Crippen molar-refractivity contribution in [3.8, 4) is 0 Å². The monoisotopic (exact) mass is 421 g/mol. The standard InChI is InChI=1S/C22H20FN5OS/c1-3-6-17-14(2)26-22-24-13-25-28(22)21(17)30-19-8-5-4-7-18(19)27-20(29)15-9-11-16(23)12-10-15/h4-5,7-13H,3,6H2,1-2H3,(H,27,29). The highest BCUT2D eigenvalue weighted by molar-refractivity contribution is 7.99. The van der Waals surface area contributed by atoms with Crippen LogP contribution in [0.4, 0.5) is 10.1 Å². The van der Waals surface area contributed by atoms with Crippen LogP contribution in [0.1, 0.15) is 35.0 Å². The number of carbonyl (C=O) groups is 1. The summed E-state index contributed by atoms with van der Waals surface area (Å²) in [6, 6.07) is 13.0. The van der Waals surface area contributed by atoms with Crippen LogP contribution >= 0.6 is 11.8 Å². The van der Waals surface area contributed by atoms with Gasteiger partial charge in [0.15, 0.2) is 0 Å². The maximum absolute atomic E-state index is 13.2. The van der Waals surface area contributed by atoms with Crippen molar-refractivity contribution in [2.24, 2.45) is 0 Å². The second-order valence-corrected chi connectivity index (χ2v) is 7.79. The minimum absolute atomic E-state index is 0.298. The number of carbonyl (C=O) groups excluding carboxylic acids is 1. The fourth-order valence-corrected chi connectivity index (χ4v) is 4.33. The molecule has 0 aliphatic rings.